The molecule has 0 aromatic rings. The van der Waals surface area contributed by atoms with Gasteiger partial charge in [-0.3, -0.25) is 0 Å². The van der Waals surface area contributed by atoms with E-state index in [1.54, 1.807) is 0 Å². The molecule has 0 spiro atoms. The van der Waals surface area contributed by atoms with Crippen LogP contribution in [0, 0.1) is 0 Å². The minimum Gasteiger partial charge on any atom is -0.206 e. The van der Waals surface area contributed by atoms with Gasteiger partial charge in [-0.05, 0) is 0 Å². The summed E-state index contributed by atoms with van der Waals surface area (Å²) in [6, 6.07) is 0. The summed E-state index contributed by atoms with van der Waals surface area (Å²) in [6.07, 6.45) is 0. The molecule has 3 nitrogen and oxygen atoms in total. The summed E-state index contributed by atoms with van der Waals surface area (Å²) in [4.78, 5) is 0. The van der Waals surface area contributed by atoms with Crippen LogP contribution in [0.25, 0.3) is 0 Å². The van der Waals surface area contributed by atoms with E-state index in [1.165, 1.54) is 13.8 Å². The fourth-order valence-electron chi connectivity index (χ4n) is 0.790. The molecule has 0 N–H and O–H groups in total. The lowest BCUT2D eigenvalue weighted by Crippen LogP contribution is -2.41. The summed E-state index contributed by atoms with van der Waals surface area (Å²) < 4.78 is 47.7. The topological polar surface area (TPSA) is 37.4 Å². The van der Waals surface area contributed by atoms with Crippen molar-refractivity contribution < 1.29 is 17.2 Å². The highest BCUT2D eigenvalue weighted by atomic mass is 32.2. The van der Waals surface area contributed by atoms with E-state index in [2.05, 4.69) is 0 Å². The summed E-state index contributed by atoms with van der Waals surface area (Å²) in [5.41, 5.74) is 0. The lowest BCUT2D eigenvalue weighted by Gasteiger charge is -2.22. The molecule has 0 amide bonds. The van der Waals surface area contributed by atoms with Gasteiger partial charge in [-0.1, -0.05) is 13.8 Å². The van der Waals surface area contributed by atoms with Crippen LogP contribution in [0.3, 0.4) is 0 Å². The second-order valence-electron chi connectivity index (χ2n) is 2.40. The van der Waals surface area contributed by atoms with Crippen molar-refractivity contribution in [3.05, 3.63) is 0 Å². The normalized spacial score (nSPS) is 13.8. The van der Waals surface area contributed by atoms with E-state index in [-0.39, 0.29) is 13.1 Å². The van der Waals surface area contributed by atoms with E-state index in [0.29, 0.717) is 6.92 Å². The first-order valence-electron chi connectivity index (χ1n) is 3.64. The zero-order valence-electron chi connectivity index (χ0n) is 7.34. The monoisotopic (exact) mass is 201 g/mol. The lowest BCUT2D eigenvalue weighted by molar-refractivity contribution is 0.105. The van der Waals surface area contributed by atoms with E-state index < -0.39 is 15.3 Å². The van der Waals surface area contributed by atoms with Crippen LogP contribution in [0.15, 0.2) is 0 Å². The number of hydrogen-bond donors (Lipinski definition) is 0. The molecule has 0 unspecified atom stereocenters. The van der Waals surface area contributed by atoms with Crippen LogP contribution in [-0.2, 0) is 10.0 Å². The zero-order valence-corrected chi connectivity index (χ0v) is 8.16. The highest BCUT2D eigenvalue weighted by molar-refractivity contribution is 7.90. The first kappa shape index (κ1) is 11.8. The molecule has 0 heterocycles. The quantitative estimate of drug-likeness (QED) is 0.687. The van der Waals surface area contributed by atoms with Gasteiger partial charge in [-0.25, -0.2) is 8.42 Å². The number of halogens is 2. The van der Waals surface area contributed by atoms with Gasteiger partial charge in [-0.2, -0.15) is 13.1 Å². The molecule has 0 atom stereocenters. The van der Waals surface area contributed by atoms with E-state index in [0.717, 1.165) is 4.31 Å². The number of rotatable bonds is 4. The van der Waals surface area contributed by atoms with Gasteiger partial charge in [0.05, 0.1) is 0 Å². The van der Waals surface area contributed by atoms with Crippen molar-refractivity contribution >= 4 is 10.0 Å². The third-order valence-electron chi connectivity index (χ3n) is 1.50. The van der Waals surface area contributed by atoms with Gasteiger partial charge < -0.3 is 0 Å². The SMILES string of the molecule is CCN(CC)S(=O)(=O)C(C)(F)F. The molecule has 6 heteroatoms. The molecule has 74 valence electrons. The van der Waals surface area contributed by atoms with Crippen molar-refractivity contribution in [1.82, 2.24) is 4.31 Å². The molecular formula is C6H13F2NO2S. The first-order chi connectivity index (χ1) is 5.27. The number of sulfonamides is 1. The predicted molar refractivity (Wildman–Crippen MR) is 42.5 cm³/mol. The number of hydrogen-bond acceptors (Lipinski definition) is 2. The highest BCUT2D eigenvalue weighted by Crippen LogP contribution is 2.23. The second kappa shape index (κ2) is 3.66. The summed E-state index contributed by atoms with van der Waals surface area (Å²) in [7, 11) is -4.44. The Balaban J connectivity index is 4.85. The molecule has 0 radical (unpaired) electrons. The molecule has 0 aliphatic carbocycles. The van der Waals surface area contributed by atoms with Crippen molar-refractivity contribution in [1.29, 1.82) is 0 Å². The summed E-state index contributed by atoms with van der Waals surface area (Å²) in [5.74, 6) is 0. The van der Waals surface area contributed by atoms with Crippen LogP contribution in [0.5, 0.6) is 0 Å². The fourth-order valence-corrected chi connectivity index (χ4v) is 1.92. The highest BCUT2D eigenvalue weighted by Gasteiger charge is 2.42. The summed E-state index contributed by atoms with van der Waals surface area (Å²) >= 11 is 0. The maximum atomic E-state index is 12.5. The van der Waals surface area contributed by atoms with Crippen molar-refractivity contribution in [2.75, 3.05) is 13.1 Å². The molecule has 0 saturated heterocycles. The maximum Gasteiger partial charge on any atom is 0.356 e. The second-order valence-corrected chi connectivity index (χ2v) is 4.58. The van der Waals surface area contributed by atoms with Crippen LogP contribution < -0.4 is 0 Å². The van der Waals surface area contributed by atoms with Crippen LogP contribution in [0.2, 0.25) is 0 Å². The average molecular weight is 201 g/mol. The van der Waals surface area contributed by atoms with Crippen molar-refractivity contribution in [3.63, 3.8) is 0 Å². The molecule has 0 rings (SSSR count). The molecule has 0 aliphatic heterocycles. The molecule has 0 fully saturated rings. The van der Waals surface area contributed by atoms with Gasteiger partial charge >= 0.3 is 5.25 Å². The molecule has 0 bridgehead atoms. The Hall–Kier alpha value is -0.230. The Bertz CT molecular complexity index is 228. The van der Waals surface area contributed by atoms with Crippen LogP contribution in [0.4, 0.5) is 8.78 Å². The van der Waals surface area contributed by atoms with Crippen molar-refractivity contribution in [2.45, 2.75) is 26.0 Å². The Kier molecular flexibility index (Phi) is 3.59. The Labute approximate surface area is 71.4 Å². The third-order valence-corrected chi connectivity index (χ3v) is 3.60. The summed E-state index contributed by atoms with van der Waals surface area (Å²) in [5, 5.41) is -3.68. The summed E-state index contributed by atoms with van der Waals surface area (Å²) in [6.45, 7) is 3.57. The van der Waals surface area contributed by atoms with Crippen molar-refractivity contribution in [3.8, 4) is 0 Å². The predicted octanol–water partition coefficient (Wildman–Crippen LogP) is 1.27. The van der Waals surface area contributed by atoms with E-state index in [9.17, 15) is 17.2 Å². The van der Waals surface area contributed by atoms with Gasteiger partial charge in [0, 0.05) is 20.0 Å². The van der Waals surface area contributed by atoms with Crippen LogP contribution in [0.1, 0.15) is 20.8 Å². The molecular weight excluding hydrogens is 188 g/mol. The third kappa shape index (κ3) is 2.13. The Morgan fingerprint density at radius 2 is 1.58 bits per heavy atom. The van der Waals surface area contributed by atoms with Gasteiger partial charge in [0.25, 0.3) is 10.0 Å². The standard InChI is InChI=1S/C6H13F2NO2S/c1-4-9(5-2)12(10,11)6(3,7)8/h4-5H2,1-3H3. The van der Waals surface area contributed by atoms with Gasteiger partial charge in [0.15, 0.2) is 0 Å². The lowest BCUT2D eigenvalue weighted by atomic mass is 10.7. The Morgan fingerprint density at radius 3 is 1.67 bits per heavy atom. The van der Waals surface area contributed by atoms with Crippen LogP contribution >= 0.6 is 0 Å². The van der Waals surface area contributed by atoms with Crippen LogP contribution in [-0.4, -0.2) is 31.1 Å². The van der Waals surface area contributed by atoms with Crippen molar-refractivity contribution in [2.24, 2.45) is 0 Å². The largest absolute Gasteiger partial charge is 0.356 e. The van der Waals surface area contributed by atoms with E-state index >= 15 is 0 Å². The van der Waals surface area contributed by atoms with E-state index in [1.807, 2.05) is 0 Å². The minimum absolute atomic E-state index is 0.0717. The fraction of sp³-hybridized carbons (Fsp3) is 1.00. The number of nitrogens with zero attached hydrogens (tertiary/aromatic N) is 1. The Morgan fingerprint density at radius 1 is 1.25 bits per heavy atom. The molecule has 0 saturated carbocycles. The average Bonchev–Trinajstić information content (AvgIpc) is 1.87. The van der Waals surface area contributed by atoms with Gasteiger partial charge in [0.1, 0.15) is 0 Å². The maximum absolute atomic E-state index is 12.5. The van der Waals surface area contributed by atoms with E-state index in [4.69, 9.17) is 0 Å². The molecule has 0 aromatic carbocycles. The zero-order chi connectivity index (χ0) is 9.99. The smallest absolute Gasteiger partial charge is 0.206 e. The van der Waals surface area contributed by atoms with Gasteiger partial charge in [0.2, 0.25) is 0 Å². The first-order valence-corrected chi connectivity index (χ1v) is 5.08. The minimum atomic E-state index is -4.44. The molecule has 12 heavy (non-hydrogen) atoms. The molecule has 0 aromatic heterocycles. The molecule has 0 aliphatic rings. The van der Waals surface area contributed by atoms with Gasteiger partial charge in [-0.15, -0.1) is 0 Å². The number of alkyl halides is 2.